The fourth-order valence-corrected chi connectivity index (χ4v) is 4.79. The summed E-state index contributed by atoms with van der Waals surface area (Å²) in [4.78, 5) is 27.5. The van der Waals surface area contributed by atoms with Gasteiger partial charge in [0.25, 0.3) is 5.91 Å². The number of ketones is 1. The quantitative estimate of drug-likeness (QED) is 0.612. The van der Waals surface area contributed by atoms with Crippen LogP contribution in [0.5, 0.6) is 11.5 Å². The number of hydrogen-bond acceptors (Lipinski definition) is 4. The molecule has 0 bridgehead atoms. The van der Waals surface area contributed by atoms with Crippen LogP contribution in [0, 0.1) is 13.8 Å². The van der Waals surface area contributed by atoms with Gasteiger partial charge in [0.2, 0.25) is 0 Å². The molecule has 1 fully saturated rings. The number of Topliss-reactive ketones (excluding diaryl/α,β-unsaturated/α-hetero) is 1. The summed E-state index contributed by atoms with van der Waals surface area (Å²) in [6.07, 6.45) is 1.56. The van der Waals surface area contributed by atoms with Crippen LogP contribution in [0.4, 0.5) is 0 Å². The van der Waals surface area contributed by atoms with E-state index in [1.54, 1.807) is 4.90 Å². The van der Waals surface area contributed by atoms with E-state index in [-0.39, 0.29) is 18.3 Å². The average Bonchev–Trinajstić information content (AvgIpc) is 2.76. The number of carbonyl (C=O) groups is 2. The Hall–Kier alpha value is -2.53. The van der Waals surface area contributed by atoms with Crippen LogP contribution >= 0.6 is 11.6 Å². The van der Waals surface area contributed by atoms with Crippen LogP contribution in [0.15, 0.2) is 30.3 Å². The van der Waals surface area contributed by atoms with Gasteiger partial charge in [-0.05, 0) is 54.7 Å². The van der Waals surface area contributed by atoms with Gasteiger partial charge in [-0.25, -0.2) is 0 Å². The minimum Gasteiger partial charge on any atom is -0.486 e. The van der Waals surface area contributed by atoms with Gasteiger partial charge in [0, 0.05) is 31.0 Å². The zero-order valence-corrected chi connectivity index (χ0v) is 19.9. The second kappa shape index (κ2) is 8.78. The lowest BCUT2D eigenvalue weighted by molar-refractivity contribution is -0.136. The van der Waals surface area contributed by atoms with Crippen LogP contribution in [-0.4, -0.2) is 41.9 Å². The second-order valence-electron chi connectivity index (χ2n) is 9.29. The number of carbonyl (C=O) groups excluding carboxylic acids is 2. The molecule has 0 unspecified atom stereocenters. The molecule has 0 aromatic heterocycles. The standard InChI is InChI=1S/C26H30ClNO4/c1-16(2)19-6-5-7-20(13-19)31-15-23(30)28-10-8-26(9-11-28)14-21(29)24-18(4)25(27)17(3)12-22(24)32-26/h5-7,12-13,16H,8-11,14-15H2,1-4H3. The summed E-state index contributed by atoms with van der Waals surface area (Å²) >= 11 is 6.35. The smallest absolute Gasteiger partial charge is 0.260 e. The van der Waals surface area contributed by atoms with E-state index >= 15 is 0 Å². The lowest BCUT2D eigenvalue weighted by atomic mass is 9.81. The molecule has 1 saturated heterocycles. The molecule has 2 aliphatic heterocycles. The van der Waals surface area contributed by atoms with Crippen LogP contribution in [0.3, 0.4) is 0 Å². The minimum atomic E-state index is -0.556. The third-order valence-electron chi connectivity index (χ3n) is 6.65. The number of piperidine rings is 1. The number of benzene rings is 2. The van der Waals surface area contributed by atoms with Crippen LogP contribution in [0.2, 0.25) is 5.02 Å². The van der Waals surface area contributed by atoms with E-state index < -0.39 is 5.60 Å². The second-order valence-corrected chi connectivity index (χ2v) is 9.67. The predicted molar refractivity (Wildman–Crippen MR) is 125 cm³/mol. The minimum absolute atomic E-state index is 0.00799. The molecular weight excluding hydrogens is 426 g/mol. The first-order chi connectivity index (χ1) is 15.2. The molecule has 0 saturated carbocycles. The molecule has 0 aliphatic carbocycles. The molecule has 170 valence electrons. The monoisotopic (exact) mass is 455 g/mol. The third kappa shape index (κ3) is 4.36. The van der Waals surface area contributed by atoms with Gasteiger partial charge in [0.05, 0.1) is 12.0 Å². The first-order valence-electron chi connectivity index (χ1n) is 11.2. The van der Waals surface area contributed by atoms with Crippen molar-refractivity contribution in [2.24, 2.45) is 0 Å². The molecule has 0 N–H and O–H groups in total. The van der Waals surface area contributed by atoms with Crippen molar-refractivity contribution < 1.29 is 19.1 Å². The molecule has 2 aromatic rings. The largest absolute Gasteiger partial charge is 0.486 e. The molecule has 32 heavy (non-hydrogen) atoms. The number of rotatable bonds is 4. The maximum Gasteiger partial charge on any atom is 0.260 e. The van der Waals surface area contributed by atoms with Crippen molar-refractivity contribution >= 4 is 23.3 Å². The maximum atomic E-state index is 13.0. The molecule has 1 spiro atoms. The van der Waals surface area contributed by atoms with Crippen LogP contribution in [-0.2, 0) is 4.79 Å². The Morgan fingerprint density at radius 3 is 2.62 bits per heavy atom. The number of hydrogen-bond donors (Lipinski definition) is 0. The number of amides is 1. The molecule has 0 radical (unpaired) electrons. The zero-order valence-electron chi connectivity index (χ0n) is 19.2. The summed E-state index contributed by atoms with van der Waals surface area (Å²) in [5, 5.41) is 0.621. The van der Waals surface area contributed by atoms with Crippen molar-refractivity contribution in [1.82, 2.24) is 4.90 Å². The summed E-state index contributed by atoms with van der Waals surface area (Å²) in [7, 11) is 0. The predicted octanol–water partition coefficient (Wildman–Crippen LogP) is 5.49. The van der Waals surface area contributed by atoms with E-state index in [1.165, 1.54) is 5.56 Å². The number of fused-ring (bicyclic) bond motifs is 1. The van der Waals surface area contributed by atoms with Gasteiger partial charge in [-0.1, -0.05) is 37.6 Å². The third-order valence-corrected chi connectivity index (χ3v) is 7.23. The molecule has 2 aromatic carbocycles. The maximum absolute atomic E-state index is 13.0. The highest BCUT2D eigenvalue weighted by atomic mass is 35.5. The van der Waals surface area contributed by atoms with Crippen molar-refractivity contribution in [3.8, 4) is 11.5 Å². The number of likely N-dealkylation sites (tertiary alicyclic amines) is 1. The van der Waals surface area contributed by atoms with Crippen molar-refractivity contribution in [2.45, 2.75) is 58.5 Å². The van der Waals surface area contributed by atoms with Gasteiger partial charge in [0.1, 0.15) is 17.1 Å². The zero-order chi connectivity index (χ0) is 23.0. The molecule has 1 amide bonds. The number of ether oxygens (including phenoxy) is 2. The van der Waals surface area contributed by atoms with Crippen LogP contribution < -0.4 is 9.47 Å². The normalized spacial score (nSPS) is 17.3. The number of halogens is 1. The van der Waals surface area contributed by atoms with Gasteiger partial charge < -0.3 is 14.4 Å². The molecule has 2 heterocycles. The molecule has 6 heteroatoms. The Bertz CT molecular complexity index is 1050. The Morgan fingerprint density at radius 1 is 1.22 bits per heavy atom. The van der Waals surface area contributed by atoms with E-state index in [9.17, 15) is 9.59 Å². The van der Waals surface area contributed by atoms with E-state index in [0.29, 0.717) is 60.4 Å². The molecule has 2 aliphatic rings. The molecular formula is C26H30ClNO4. The highest BCUT2D eigenvalue weighted by Gasteiger charge is 2.44. The Morgan fingerprint density at radius 2 is 1.94 bits per heavy atom. The summed E-state index contributed by atoms with van der Waals surface area (Å²) < 4.78 is 12.2. The SMILES string of the molecule is Cc1cc2c(c(C)c1Cl)C(=O)CC1(CCN(C(=O)COc3cccc(C(C)C)c3)CC1)O2. The van der Waals surface area contributed by atoms with Crippen LogP contribution in [0.25, 0.3) is 0 Å². The van der Waals surface area contributed by atoms with Gasteiger partial charge in [0.15, 0.2) is 12.4 Å². The highest BCUT2D eigenvalue weighted by Crippen LogP contribution is 2.43. The van der Waals surface area contributed by atoms with Crippen molar-refractivity contribution in [3.05, 3.63) is 57.6 Å². The first-order valence-corrected chi connectivity index (χ1v) is 11.6. The Labute approximate surface area is 194 Å². The van der Waals surface area contributed by atoms with E-state index in [0.717, 1.165) is 11.1 Å². The fourth-order valence-electron chi connectivity index (χ4n) is 4.64. The summed E-state index contributed by atoms with van der Waals surface area (Å²) in [5.74, 6) is 1.75. The Kier molecular flexibility index (Phi) is 6.22. The molecule has 4 rings (SSSR count). The van der Waals surface area contributed by atoms with E-state index in [4.69, 9.17) is 21.1 Å². The highest BCUT2D eigenvalue weighted by molar-refractivity contribution is 6.32. The van der Waals surface area contributed by atoms with E-state index in [1.807, 2.05) is 38.1 Å². The first kappa shape index (κ1) is 22.7. The fraction of sp³-hybridized carbons (Fsp3) is 0.462. The summed E-state index contributed by atoms with van der Waals surface area (Å²) in [5.41, 5.74) is 2.91. The summed E-state index contributed by atoms with van der Waals surface area (Å²) in [6.45, 7) is 9.14. The van der Waals surface area contributed by atoms with Gasteiger partial charge in [-0.3, -0.25) is 9.59 Å². The summed E-state index contributed by atoms with van der Waals surface area (Å²) in [6, 6.07) is 9.73. The van der Waals surface area contributed by atoms with Crippen LogP contribution in [0.1, 0.15) is 66.1 Å². The molecule has 0 atom stereocenters. The molecule has 5 nitrogen and oxygen atoms in total. The van der Waals surface area contributed by atoms with Crippen molar-refractivity contribution in [1.29, 1.82) is 0 Å². The Balaban J connectivity index is 1.38. The topological polar surface area (TPSA) is 55.8 Å². The van der Waals surface area contributed by atoms with Gasteiger partial charge in [-0.15, -0.1) is 0 Å². The van der Waals surface area contributed by atoms with Crippen molar-refractivity contribution in [3.63, 3.8) is 0 Å². The number of aryl methyl sites for hydroxylation is 1. The van der Waals surface area contributed by atoms with Gasteiger partial charge in [-0.2, -0.15) is 0 Å². The lowest BCUT2D eigenvalue weighted by Crippen LogP contribution is -2.53. The lowest BCUT2D eigenvalue weighted by Gasteiger charge is -2.44. The number of nitrogens with zero attached hydrogens (tertiary/aromatic N) is 1. The van der Waals surface area contributed by atoms with E-state index in [2.05, 4.69) is 19.9 Å². The van der Waals surface area contributed by atoms with Crippen molar-refractivity contribution in [2.75, 3.05) is 19.7 Å². The average molecular weight is 456 g/mol. The van der Waals surface area contributed by atoms with Gasteiger partial charge >= 0.3 is 0 Å².